The molecular formula is C12H5F13O. The molecule has 14 heteroatoms. The van der Waals surface area contributed by atoms with Crippen molar-refractivity contribution in [2.24, 2.45) is 0 Å². The fourth-order valence-electron chi connectivity index (χ4n) is 1.79. The Kier molecular flexibility index (Phi) is 5.05. The SMILES string of the molecule is OC(c1cccc(C(F)(F)C(F)(F)C(F)(F)F)c1)(C(F)(F)F)C(F)(F)F. The predicted octanol–water partition coefficient (Wildman–Crippen LogP) is 5.29. The van der Waals surface area contributed by atoms with Crippen LogP contribution in [0, 0.1) is 0 Å². The molecule has 0 aliphatic carbocycles. The monoisotopic (exact) mass is 412 g/mol. The minimum absolute atomic E-state index is 0.0620. The highest BCUT2D eigenvalue weighted by Crippen LogP contribution is 2.54. The summed E-state index contributed by atoms with van der Waals surface area (Å²) in [6.07, 6.45) is -20.0. The Morgan fingerprint density at radius 2 is 0.962 bits per heavy atom. The highest BCUT2D eigenvalue weighted by atomic mass is 19.4. The number of halogens is 13. The number of rotatable bonds is 3. The molecular weight excluding hydrogens is 407 g/mol. The summed E-state index contributed by atoms with van der Waals surface area (Å²) in [6, 6.07) is -1.42. The first-order valence-corrected chi connectivity index (χ1v) is 6.00. The lowest BCUT2D eigenvalue weighted by molar-refractivity contribution is -0.376. The van der Waals surface area contributed by atoms with Crippen molar-refractivity contribution in [1.29, 1.82) is 0 Å². The van der Waals surface area contributed by atoms with E-state index in [1.807, 2.05) is 0 Å². The van der Waals surface area contributed by atoms with Crippen LogP contribution in [0.25, 0.3) is 0 Å². The second-order valence-electron chi connectivity index (χ2n) is 4.93. The topological polar surface area (TPSA) is 20.2 Å². The third kappa shape index (κ3) is 3.18. The summed E-state index contributed by atoms with van der Waals surface area (Å²) in [5, 5.41) is 9.00. The zero-order chi connectivity index (χ0) is 21.0. The highest BCUT2D eigenvalue weighted by Gasteiger charge is 2.74. The normalized spacial score (nSPS) is 15.3. The number of alkyl halides is 13. The van der Waals surface area contributed by atoms with Gasteiger partial charge in [-0.05, 0) is 6.07 Å². The molecule has 1 rings (SSSR count). The summed E-state index contributed by atoms with van der Waals surface area (Å²) in [7, 11) is 0. The summed E-state index contributed by atoms with van der Waals surface area (Å²) >= 11 is 0. The van der Waals surface area contributed by atoms with Gasteiger partial charge in [-0.15, -0.1) is 0 Å². The second kappa shape index (κ2) is 5.89. The highest BCUT2D eigenvalue weighted by molar-refractivity contribution is 5.34. The summed E-state index contributed by atoms with van der Waals surface area (Å²) in [6.45, 7) is 0. The van der Waals surface area contributed by atoms with Crippen molar-refractivity contribution in [3.8, 4) is 0 Å². The summed E-state index contributed by atoms with van der Waals surface area (Å²) in [4.78, 5) is 0. The molecule has 0 radical (unpaired) electrons. The lowest BCUT2D eigenvalue weighted by Gasteiger charge is -2.34. The van der Waals surface area contributed by atoms with E-state index in [0.717, 1.165) is 0 Å². The Morgan fingerprint density at radius 1 is 0.577 bits per heavy atom. The van der Waals surface area contributed by atoms with Gasteiger partial charge in [0, 0.05) is 11.1 Å². The first kappa shape index (κ1) is 22.3. The minimum atomic E-state index is -6.86. The average Bonchev–Trinajstić information content (AvgIpc) is 2.42. The van der Waals surface area contributed by atoms with Crippen LogP contribution in [0.5, 0.6) is 0 Å². The van der Waals surface area contributed by atoms with Crippen LogP contribution in [0.15, 0.2) is 24.3 Å². The van der Waals surface area contributed by atoms with Gasteiger partial charge in [-0.25, -0.2) is 0 Å². The molecule has 26 heavy (non-hydrogen) atoms. The first-order chi connectivity index (χ1) is 11.2. The maximum Gasteiger partial charge on any atom is 0.460 e. The Bertz CT molecular complexity index is 638. The predicted molar refractivity (Wildman–Crippen MR) is 57.3 cm³/mol. The van der Waals surface area contributed by atoms with Crippen LogP contribution in [0.3, 0.4) is 0 Å². The second-order valence-corrected chi connectivity index (χ2v) is 4.93. The number of aliphatic hydroxyl groups is 1. The van der Waals surface area contributed by atoms with E-state index >= 15 is 0 Å². The maximum atomic E-state index is 13.5. The van der Waals surface area contributed by atoms with Crippen LogP contribution in [0.2, 0.25) is 0 Å². The summed E-state index contributed by atoms with van der Waals surface area (Å²) in [5.74, 6) is -13.0. The molecule has 0 saturated heterocycles. The van der Waals surface area contributed by atoms with Crippen LogP contribution in [0.4, 0.5) is 57.1 Å². The van der Waals surface area contributed by atoms with E-state index in [1.54, 1.807) is 0 Å². The first-order valence-electron chi connectivity index (χ1n) is 6.00. The largest absolute Gasteiger partial charge is 0.460 e. The van der Waals surface area contributed by atoms with Gasteiger partial charge >= 0.3 is 30.4 Å². The lowest BCUT2D eigenvalue weighted by Crippen LogP contribution is -2.54. The van der Waals surface area contributed by atoms with Gasteiger partial charge in [-0.2, -0.15) is 57.1 Å². The zero-order valence-corrected chi connectivity index (χ0v) is 11.7. The van der Waals surface area contributed by atoms with E-state index in [0.29, 0.717) is 0 Å². The molecule has 1 aromatic rings. The van der Waals surface area contributed by atoms with Crippen LogP contribution in [-0.4, -0.2) is 29.6 Å². The van der Waals surface area contributed by atoms with Gasteiger partial charge in [0.25, 0.3) is 5.60 Å². The fraction of sp³-hybridized carbons (Fsp3) is 0.500. The van der Waals surface area contributed by atoms with Gasteiger partial charge in [0.1, 0.15) is 0 Å². The van der Waals surface area contributed by atoms with Crippen LogP contribution < -0.4 is 0 Å². The molecule has 1 aromatic carbocycles. The maximum absolute atomic E-state index is 13.5. The van der Waals surface area contributed by atoms with Crippen molar-refractivity contribution in [3.63, 3.8) is 0 Å². The van der Waals surface area contributed by atoms with Crippen molar-refractivity contribution in [2.75, 3.05) is 0 Å². The van der Waals surface area contributed by atoms with E-state index in [-0.39, 0.29) is 18.2 Å². The molecule has 0 fully saturated rings. The molecule has 0 heterocycles. The molecule has 0 aliphatic heterocycles. The van der Waals surface area contributed by atoms with Crippen LogP contribution in [0.1, 0.15) is 11.1 Å². The van der Waals surface area contributed by atoms with Crippen LogP contribution in [-0.2, 0) is 11.5 Å². The molecule has 0 unspecified atom stereocenters. The number of hydrogen-bond donors (Lipinski definition) is 1. The quantitative estimate of drug-likeness (QED) is 0.670. The molecule has 1 N–H and O–H groups in total. The van der Waals surface area contributed by atoms with Crippen molar-refractivity contribution in [2.45, 2.75) is 36.0 Å². The van der Waals surface area contributed by atoms with Gasteiger partial charge in [-0.3, -0.25) is 0 Å². The molecule has 1 nitrogen and oxygen atoms in total. The van der Waals surface area contributed by atoms with Crippen LogP contribution >= 0.6 is 0 Å². The minimum Gasteiger partial charge on any atom is -0.369 e. The van der Waals surface area contributed by atoms with E-state index < -0.39 is 53.2 Å². The average molecular weight is 412 g/mol. The molecule has 0 aromatic heterocycles. The van der Waals surface area contributed by atoms with Gasteiger partial charge in [-0.1, -0.05) is 18.2 Å². The lowest BCUT2D eigenvalue weighted by atomic mass is 9.89. The Labute approximate surface area is 135 Å². The number of hydrogen-bond acceptors (Lipinski definition) is 1. The molecule has 0 bridgehead atoms. The molecule has 0 atom stereocenters. The third-order valence-electron chi connectivity index (χ3n) is 3.21. The zero-order valence-electron chi connectivity index (χ0n) is 11.7. The van der Waals surface area contributed by atoms with Crippen molar-refractivity contribution < 1.29 is 62.2 Å². The van der Waals surface area contributed by atoms with E-state index in [1.165, 1.54) is 0 Å². The molecule has 0 spiro atoms. The van der Waals surface area contributed by atoms with Gasteiger partial charge in [0.15, 0.2) is 0 Å². The standard InChI is InChI=1S/C12H5F13O/c13-8(14,9(15,16)12(23,24)25)6-3-1-2-5(4-6)7(26,10(17,18)19)11(20,21)22/h1-4,26H. The van der Waals surface area contributed by atoms with Gasteiger partial charge < -0.3 is 5.11 Å². The molecule has 0 aliphatic rings. The third-order valence-corrected chi connectivity index (χ3v) is 3.21. The van der Waals surface area contributed by atoms with E-state index in [2.05, 4.69) is 0 Å². The fourth-order valence-corrected chi connectivity index (χ4v) is 1.79. The molecule has 0 saturated carbocycles. The number of benzene rings is 1. The van der Waals surface area contributed by atoms with E-state index in [9.17, 15) is 57.1 Å². The van der Waals surface area contributed by atoms with Crippen molar-refractivity contribution >= 4 is 0 Å². The Morgan fingerprint density at radius 3 is 1.31 bits per heavy atom. The summed E-state index contributed by atoms with van der Waals surface area (Å²) in [5.41, 5.74) is -10.7. The van der Waals surface area contributed by atoms with Crippen molar-refractivity contribution in [1.82, 2.24) is 0 Å². The smallest absolute Gasteiger partial charge is 0.369 e. The Balaban J connectivity index is 3.67. The van der Waals surface area contributed by atoms with Gasteiger partial charge in [0.05, 0.1) is 0 Å². The Hall–Kier alpha value is -1.73. The molecule has 0 amide bonds. The van der Waals surface area contributed by atoms with E-state index in [4.69, 9.17) is 5.11 Å². The summed E-state index contributed by atoms with van der Waals surface area (Å²) < 4.78 is 165. The van der Waals surface area contributed by atoms with Crippen molar-refractivity contribution in [3.05, 3.63) is 35.4 Å². The van der Waals surface area contributed by atoms with Gasteiger partial charge in [0.2, 0.25) is 0 Å². The molecule has 150 valence electrons.